The van der Waals surface area contributed by atoms with Crippen molar-refractivity contribution in [2.24, 2.45) is 0 Å². The summed E-state index contributed by atoms with van der Waals surface area (Å²) < 4.78 is 22.9. The van der Waals surface area contributed by atoms with E-state index in [0.717, 1.165) is 5.56 Å². The van der Waals surface area contributed by atoms with Crippen LogP contribution in [0.15, 0.2) is 63.8 Å². The van der Waals surface area contributed by atoms with Gasteiger partial charge in [-0.15, -0.1) is 0 Å². The molecule has 0 fully saturated rings. The van der Waals surface area contributed by atoms with Gasteiger partial charge in [0.2, 0.25) is 5.43 Å². The molecule has 3 aromatic carbocycles. The van der Waals surface area contributed by atoms with Gasteiger partial charge >= 0.3 is 5.97 Å². The Morgan fingerprint density at radius 1 is 1.00 bits per heavy atom. The Morgan fingerprint density at radius 3 is 2.47 bits per heavy atom. The van der Waals surface area contributed by atoms with E-state index in [0.29, 0.717) is 75.3 Å². The first-order valence-corrected chi connectivity index (χ1v) is 11.3. The van der Waals surface area contributed by atoms with E-state index in [9.17, 15) is 9.59 Å². The standard InChI is InChI=1S/C27H21ClO6/c1-3-16-12-20-23(14-22(16)34-27(30)17-4-7-19(28)8-5-17)33-15(2)25(26(20)29)18-6-9-21-24(13-18)32-11-10-31-21/h4-9,12-14H,3,10-11H2,1-2H3. The summed E-state index contributed by atoms with van der Waals surface area (Å²) in [6.45, 7) is 4.62. The number of esters is 1. The Morgan fingerprint density at radius 2 is 1.74 bits per heavy atom. The van der Waals surface area contributed by atoms with Crippen LogP contribution in [0.3, 0.4) is 0 Å². The zero-order chi connectivity index (χ0) is 23.8. The zero-order valence-electron chi connectivity index (χ0n) is 18.6. The molecule has 0 saturated carbocycles. The quantitative estimate of drug-likeness (QED) is 0.266. The van der Waals surface area contributed by atoms with E-state index >= 15 is 0 Å². The number of fused-ring (bicyclic) bond motifs is 2. The Bertz CT molecular complexity index is 1470. The van der Waals surface area contributed by atoms with Crippen LogP contribution in [0.2, 0.25) is 5.02 Å². The van der Waals surface area contributed by atoms with Gasteiger partial charge in [0.05, 0.1) is 16.5 Å². The van der Waals surface area contributed by atoms with Crippen molar-refractivity contribution in [1.29, 1.82) is 0 Å². The predicted octanol–water partition coefficient (Wildman–Crippen LogP) is 5.97. The number of halogens is 1. The molecule has 172 valence electrons. The number of carbonyl (C=O) groups is 1. The lowest BCUT2D eigenvalue weighted by Gasteiger charge is -2.19. The lowest BCUT2D eigenvalue weighted by atomic mass is 10.00. The molecule has 0 bridgehead atoms. The molecule has 0 atom stereocenters. The summed E-state index contributed by atoms with van der Waals surface area (Å²) in [5.74, 6) is 1.54. The summed E-state index contributed by atoms with van der Waals surface area (Å²) in [4.78, 5) is 26.2. The summed E-state index contributed by atoms with van der Waals surface area (Å²) in [5.41, 5.74) is 2.42. The van der Waals surface area contributed by atoms with Gasteiger partial charge in [-0.1, -0.05) is 24.6 Å². The lowest BCUT2D eigenvalue weighted by molar-refractivity contribution is 0.0733. The maximum absolute atomic E-state index is 13.5. The van der Waals surface area contributed by atoms with E-state index in [2.05, 4.69) is 0 Å². The number of hydrogen-bond donors (Lipinski definition) is 0. The van der Waals surface area contributed by atoms with Crippen molar-refractivity contribution < 1.29 is 23.4 Å². The van der Waals surface area contributed by atoms with E-state index in [4.69, 9.17) is 30.2 Å². The summed E-state index contributed by atoms with van der Waals surface area (Å²) in [6, 6.07) is 15.2. The molecule has 5 rings (SSSR count). The number of hydrogen-bond acceptors (Lipinski definition) is 6. The first-order chi connectivity index (χ1) is 16.4. The van der Waals surface area contributed by atoms with Gasteiger partial charge in [0.1, 0.15) is 30.3 Å². The number of aryl methyl sites for hydroxylation is 2. The maximum Gasteiger partial charge on any atom is 0.343 e. The van der Waals surface area contributed by atoms with Gasteiger partial charge in [0.25, 0.3) is 0 Å². The first-order valence-electron chi connectivity index (χ1n) is 10.9. The average molecular weight is 477 g/mol. The van der Waals surface area contributed by atoms with Crippen molar-refractivity contribution in [3.05, 3.63) is 86.7 Å². The molecule has 1 aliphatic heterocycles. The molecular formula is C27H21ClO6. The molecule has 0 amide bonds. The van der Waals surface area contributed by atoms with Crippen LogP contribution in [0.5, 0.6) is 17.2 Å². The van der Waals surface area contributed by atoms with Crippen LogP contribution in [0, 0.1) is 6.92 Å². The maximum atomic E-state index is 13.5. The number of ether oxygens (including phenoxy) is 3. The molecule has 0 unspecified atom stereocenters. The van der Waals surface area contributed by atoms with Crippen LogP contribution in [0.1, 0.15) is 28.6 Å². The fourth-order valence-corrected chi connectivity index (χ4v) is 4.15. The van der Waals surface area contributed by atoms with Crippen molar-refractivity contribution >= 4 is 28.5 Å². The molecule has 7 heteroatoms. The van der Waals surface area contributed by atoms with Crippen LogP contribution in [-0.4, -0.2) is 19.2 Å². The molecule has 0 aliphatic carbocycles. The van der Waals surface area contributed by atoms with Gasteiger partial charge in [0.15, 0.2) is 11.5 Å². The lowest BCUT2D eigenvalue weighted by Crippen LogP contribution is -2.15. The number of benzene rings is 3. The molecular weight excluding hydrogens is 456 g/mol. The second-order valence-electron chi connectivity index (χ2n) is 7.93. The molecule has 0 N–H and O–H groups in total. The SMILES string of the molecule is CCc1cc2c(=O)c(-c3ccc4c(c3)OCCO4)c(C)oc2cc1OC(=O)c1ccc(Cl)cc1. The van der Waals surface area contributed by atoms with E-state index < -0.39 is 5.97 Å². The molecule has 0 spiro atoms. The van der Waals surface area contributed by atoms with Gasteiger partial charge in [-0.3, -0.25) is 4.79 Å². The highest BCUT2D eigenvalue weighted by Gasteiger charge is 2.20. The van der Waals surface area contributed by atoms with Crippen LogP contribution in [-0.2, 0) is 6.42 Å². The van der Waals surface area contributed by atoms with Gasteiger partial charge in [-0.25, -0.2) is 4.79 Å². The van der Waals surface area contributed by atoms with Gasteiger partial charge in [-0.2, -0.15) is 0 Å². The fraction of sp³-hybridized carbons (Fsp3) is 0.185. The fourth-order valence-electron chi connectivity index (χ4n) is 4.03. The normalized spacial score (nSPS) is 12.6. The molecule has 0 radical (unpaired) electrons. The van der Waals surface area contributed by atoms with Crippen LogP contribution in [0.4, 0.5) is 0 Å². The molecule has 2 heterocycles. The highest BCUT2D eigenvalue weighted by atomic mass is 35.5. The van der Waals surface area contributed by atoms with Crippen molar-refractivity contribution in [2.45, 2.75) is 20.3 Å². The Kier molecular flexibility index (Phi) is 5.75. The molecule has 0 saturated heterocycles. The molecule has 1 aromatic heterocycles. The third-order valence-corrected chi connectivity index (χ3v) is 6.00. The third-order valence-electron chi connectivity index (χ3n) is 5.74. The van der Waals surface area contributed by atoms with Crippen LogP contribution in [0.25, 0.3) is 22.1 Å². The number of rotatable bonds is 4. The second-order valence-corrected chi connectivity index (χ2v) is 8.36. The molecule has 4 aromatic rings. The number of carbonyl (C=O) groups excluding carboxylic acids is 1. The monoisotopic (exact) mass is 476 g/mol. The van der Waals surface area contributed by atoms with Crippen LogP contribution < -0.4 is 19.6 Å². The van der Waals surface area contributed by atoms with E-state index in [1.54, 1.807) is 55.5 Å². The van der Waals surface area contributed by atoms with E-state index in [1.807, 2.05) is 13.0 Å². The Hall–Kier alpha value is -3.77. The predicted molar refractivity (Wildman–Crippen MR) is 129 cm³/mol. The minimum atomic E-state index is -0.516. The minimum absolute atomic E-state index is 0.166. The van der Waals surface area contributed by atoms with Crippen molar-refractivity contribution in [3.63, 3.8) is 0 Å². The summed E-state index contributed by atoms with van der Waals surface area (Å²) >= 11 is 5.90. The molecule has 6 nitrogen and oxygen atoms in total. The summed E-state index contributed by atoms with van der Waals surface area (Å²) in [5, 5.41) is 0.946. The van der Waals surface area contributed by atoms with Crippen molar-refractivity contribution in [1.82, 2.24) is 0 Å². The van der Waals surface area contributed by atoms with Crippen molar-refractivity contribution in [2.75, 3.05) is 13.2 Å². The Balaban J connectivity index is 1.57. The van der Waals surface area contributed by atoms with E-state index in [1.165, 1.54) is 0 Å². The highest BCUT2D eigenvalue weighted by molar-refractivity contribution is 6.30. The highest BCUT2D eigenvalue weighted by Crippen LogP contribution is 2.36. The largest absolute Gasteiger partial charge is 0.486 e. The first kappa shape index (κ1) is 22.0. The van der Waals surface area contributed by atoms with Gasteiger partial charge in [0, 0.05) is 11.1 Å². The van der Waals surface area contributed by atoms with Gasteiger partial charge in [-0.05, 0) is 66.9 Å². The average Bonchev–Trinajstić information content (AvgIpc) is 2.84. The Labute approximate surface area is 200 Å². The molecule has 34 heavy (non-hydrogen) atoms. The smallest absolute Gasteiger partial charge is 0.343 e. The topological polar surface area (TPSA) is 75.0 Å². The van der Waals surface area contributed by atoms with E-state index in [-0.39, 0.29) is 5.43 Å². The second kappa shape index (κ2) is 8.88. The van der Waals surface area contributed by atoms with Gasteiger partial charge < -0.3 is 18.6 Å². The third kappa shape index (κ3) is 4.01. The molecule has 1 aliphatic rings. The van der Waals surface area contributed by atoms with Crippen LogP contribution >= 0.6 is 11.6 Å². The zero-order valence-corrected chi connectivity index (χ0v) is 19.4. The van der Waals surface area contributed by atoms with Crippen molar-refractivity contribution in [3.8, 4) is 28.4 Å². The minimum Gasteiger partial charge on any atom is -0.486 e. The summed E-state index contributed by atoms with van der Waals surface area (Å²) in [7, 11) is 0. The summed E-state index contributed by atoms with van der Waals surface area (Å²) in [6.07, 6.45) is 0.561.